The number of thioether (sulfide) groups is 1. The molecule has 0 saturated heterocycles. The van der Waals surface area contributed by atoms with Crippen molar-refractivity contribution in [2.45, 2.75) is 4.90 Å². The summed E-state index contributed by atoms with van der Waals surface area (Å²) in [5.41, 5.74) is 0.572. The van der Waals surface area contributed by atoms with Gasteiger partial charge in [-0.15, -0.1) is 11.8 Å². The van der Waals surface area contributed by atoms with Gasteiger partial charge in [0.15, 0.2) is 0 Å². The zero-order valence-corrected chi connectivity index (χ0v) is 10.9. The van der Waals surface area contributed by atoms with Crippen LogP contribution in [0.2, 0.25) is 0 Å². The molecule has 7 heteroatoms. The molecule has 1 aromatic carbocycles. The molecule has 3 amide bonds. The Hall–Kier alpha value is -2.28. The molecule has 0 aliphatic carbocycles. The Morgan fingerprint density at radius 1 is 1.21 bits per heavy atom. The second-order valence-electron chi connectivity index (χ2n) is 3.32. The summed E-state index contributed by atoms with van der Waals surface area (Å²) in [4.78, 5) is 33.7. The van der Waals surface area contributed by atoms with Crippen LogP contribution in [0.25, 0.3) is 0 Å². The Balaban J connectivity index is 2.60. The molecule has 0 aliphatic rings. The van der Waals surface area contributed by atoms with Crippen molar-refractivity contribution in [3.05, 3.63) is 36.4 Å². The van der Waals surface area contributed by atoms with E-state index in [4.69, 9.17) is 5.11 Å². The fourth-order valence-electron chi connectivity index (χ4n) is 1.20. The van der Waals surface area contributed by atoms with Gasteiger partial charge in [0.25, 0.3) is 5.91 Å². The predicted octanol–water partition coefficient (Wildman–Crippen LogP) is 1.70. The van der Waals surface area contributed by atoms with Crippen molar-refractivity contribution in [2.24, 2.45) is 0 Å². The number of amides is 3. The van der Waals surface area contributed by atoms with Gasteiger partial charge < -0.3 is 10.4 Å². The molecule has 0 atom stereocenters. The third kappa shape index (κ3) is 5.26. The van der Waals surface area contributed by atoms with E-state index in [2.05, 4.69) is 5.32 Å². The molecule has 0 fully saturated rings. The number of carboxylic acids is 1. The number of carbonyl (C=O) groups is 3. The molecule has 0 aliphatic heterocycles. The molecule has 0 saturated carbocycles. The van der Waals surface area contributed by atoms with E-state index in [1.807, 2.05) is 23.7 Å². The van der Waals surface area contributed by atoms with Gasteiger partial charge in [0.1, 0.15) is 0 Å². The number of para-hydroxylation sites is 1. The van der Waals surface area contributed by atoms with Gasteiger partial charge in [-0.2, -0.15) is 0 Å². The number of hydrogen-bond acceptors (Lipinski definition) is 4. The molecular weight excluding hydrogens is 268 g/mol. The lowest BCUT2D eigenvalue weighted by atomic mass is 10.3. The number of benzene rings is 1. The molecule has 0 spiro atoms. The van der Waals surface area contributed by atoms with Crippen molar-refractivity contribution in [1.29, 1.82) is 0 Å². The fourth-order valence-corrected chi connectivity index (χ4v) is 1.76. The average molecular weight is 280 g/mol. The first-order valence-corrected chi connectivity index (χ1v) is 6.41. The van der Waals surface area contributed by atoms with Crippen LogP contribution in [0, 0.1) is 0 Å². The largest absolute Gasteiger partial charge is 0.478 e. The van der Waals surface area contributed by atoms with E-state index in [-0.39, 0.29) is 0 Å². The number of carboxylic acid groups (broad SMARTS) is 1. The molecular formula is C12H12N2O4S. The van der Waals surface area contributed by atoms with Gasteiger partial charge in [0.2, 0.25) is 0 Å². The summed E-state index contributed by atoms with van der Waals surface area (Å²) in [6, 6.07) is 6.38. The van der Waals surface area contributed by atoms with E-state index in [0.717, 1.165) is 11.0 Å². The van der Waals surface area contributed by atoms with Crippen LogP contribution in [-0.4, -0.2) is 29.3 Å². The van der Waals surface area contributed by atoms with Crippen LogP contribution in [-0.2, 0) is 9.59 Å². The van der Waals surface area contributed by atoms with E-state index in [1.54, 1.807) is 12.1 Å². The van der Waals surface area contributed by atoms with Gasteiger partial charge in [-0.25, -0.2) is 9.59 Å². The minimum absolute atomic E-state index is 0.572. The smallest absolute Gasteiger partial charge is 0.328 e. The lowest BCUT2D eigenvalue weighted by molar-refractivity contribution is -0.131. The topological polar surface area (TPSA) is 95.5 Å². The average Bonchev–Trinajstić information content (AvgIpc) is 2.37. The summed E-state index contributed by atoms with van der Waals surface area (Å²) >= 11 is 1.45. The maximum Gasteiger partial charge on any atom is 0.328 e. The van der Waals surface area contributed by atoms with E-state index < -0.39 is 17.9 Å². The summed E-state index contributed by atoms with van der Waals surface area (Å²) in [6.07, 6.45) is 3.28. The van der Waals surface area contributed by atoms with Crippen LogP contribution in [0.4, 0.5) is 10.5 Å². The summed E-state index contributed by atoms with van der Waals surface area (Å²) < 4.78 is 0. The van der Waals surface area contributed by atoms with Crippen LogP contribution >= 0.6 is 11.8 Å². The summed E-state index contributed by atoms with van der Waals surface area (Å²) in [5.74, 6) is -2.06. The van der Waals surface area contributed by atoms with E-state index in [1.165, 1.54) is 11.8 Å². The lowest BCUT2D eigenvalue weighted by Gasteiger charge is -2.08. The lowest BCUT2D eigenvalue weighted by Crippen LogP contribution is -2.33. The highest BCUT2D eigenvalue weighted by Gasteiger charge is 2.07. The molecule has 0 heterocycles. The molecule has 0 bridgehead atoms. The van der Waals surface area contributed by atoms with Gasteiger partial charge in [-0.05, 0) is 18.4 Å². The monoisotopic (exact) mass is 280 g/mol. The Labute approximate surface area is 113 Å². The van der Waals surface area contributed by atoms with Crippen molar-refractivity contribution in [2.75, 3.05) is 11.6 Å². The first-order chi connectivity index (χ1) is 9.02. The molecule has 3 N–H and O–H groups in total. The van der Waals surface area contributed by atoms with Gasteiger partial charge in [-0.3, -0.25) is 10.1 Å². The first-order valence-electron chi connectivity index (χ1n) is 5.19. The van der Waals surface area contributed by atoms with Crippen LogP contribution in [0.3, 0.4) is 0 Å². The van der Waals surface area contributed by atoms with Crippen molar-refractivity contribution < 1.29 is 19.5 Å². The third-order valence-corrected chi connectivity index (χ3v) is 2.77. The van der Waals surface area contributed by atoms with Gasteiger partial charge >= 0.3 is 12.0 Å². The van der Waals surface area contributed by atoms with Crippen molar-refractivity contribution in [1.82, 2.24) is 5.32 Å². The Morgan fingerprint density at radius 3 is 2.53 bits per heavy atom. The Morgan fingerprint density at radius 2 is 1.89 bits per heavy atom. The van der Waals surface area contributed by atoms with Crippen LogP contribution in [0.1, 0.15) is 0 Å². The third-order valence-electron chi connectivity index (χ3n) is 1.97. The van der Waals surface area contributed by atoms with Gasteiger partial charge in [-0.1, -0.05) is 12.1 Å². The Kier molecular flexibility index (Phi) is 5.62. The van der Waals surface area contributed by atoms with Crippen LogP contribution in [0.5, 0.6) is 0 Å². The Bertz CT molecular complexity index is 528. The van der Waals surface area contributed by atoms with Gasteiger partial charge in [0.05, 0.1) is 5.69 Å². The minimum atomic E-state index is -1.26. The van der Waals surface area contributed by atoms with Crippen molar-refractivity contribution in [3.63, 3.8) is 0 Å². The fraction of sp³-hybridized carbons (Fsp3) is 0.0833. The number of rotatable bonds is 4. The maximum atomic E-state index is 11.5. The van der Waals surface area contributed by atoms with E-state index in [0.29, 0.717) is 11.8 Å². The first kappa shape index (κ1) is 14.8. The van der Waals surface area contributed by atoms with Crippen molar-refractivity contribution in [3.8, 4) is 0 Å². The normalized spacial score (nSPS) is 10.2. The standard InChI is InChI=1S/C12H12N2O4S/c1-19-9-5-3-2-4-8(9)13-12(18)14-10(15)6-7-11(16)17/h2-7H,1H3,(H,16,17)(H2,13,14,15,18)/b7-6+. The number of urea groups is 1. The molecule has 1 aromatic rings. The van der Waals surface area contributed by atoms with Crippen LogP contribution < -0.4 is 10.6 Å². The number of imide groups is 1. The quantitative estimate of drug-likeness (QED) is 0.576. The molecule has 0 radical (unpaired) electrons. The highest BCUT2D eigenvalue weighted by molar-refractivity contribution is 7.98. The maximum absolute atomic E-state index is 11.5. The molecule has 0 unspecified atom stereocenters. The second kappa shape index (κ2) is 7.22. The minimum Gasteiger partial charge on any atom is -0.478 e. The molecule has 6 nitrogen and oxygen atoms in total. The summed E-state index contributed by atoms with van der Waals surface area (Å²) in [5, 5.41) is 12.8. The molecule has 100 valence electrons. The number of nitrogens with one attached hydrogen (secondary N) is 2. The molecule has 1 rings (SSSR count). The van der Waals surface area contributed by atoms with Crippen LogP contribution in [0.15, 0.2) is 41.3 Å². The highest BCUT2D eigenvalue weighted by Crippen LogP contribution is 2.24. The second-order valence-corrected chi connectivity index (χ2v) is 4.16. The summed E-state index contributed by atoms with van der Waals surface area (Å²) in [6.45, 7) is 0. The SMILES string of the molecule is CSc1ccccc1NC(=O)NC(=O)/C=C/C(=O)O. The van der Waals surface area contributed by atoms with E-state index >= 15 is 0 Å². The number of carbonyl (C=O) groups excluding carboxylic acids is 2. The predicted molar refractivity (Wildman–Crippen MR) is 72.2 cm³/mol. The number of hydrogen-bond donors (Lipinski definition) is 3. The highest BCUT2D eigenvalue weighted by atomic mass is 32.2. The van der Waals surface area contributed by atoms with Gasteiger partial charge in [0, 0.05) is 17.0 Å². The number of anilines is 1. The van der Waals surface area contributed by atoms with E-state index in [9.17, 15) is 14.4 Å². The summed E-state index contributed by atoms with van der Waals surface area (Å²) in [7, 11) is 0. The zero-order valence-electron chi connectivity index (χ0n) is 10.0. The zero-order chi connectivity index (χ0) is 14.3. The molecule has 0 aromatic heterocycles. The molecule has 19 heavy (non-hydrogen) atoms. The number of aliphatic carboxylic acids is 1. The van der Waals surface area contributed by atoms with Crippen molar-refractivity contribution >= 4 is 35.4 Å².